The molecule has 0 aliphatic heterocycles. The number of amides is 1. The number of ether oxygens (including phenoxy) is 3. The second kappa shape index (κ2) is 13.5. The number of hydrogen-bond acceptors (Lipinski definition) is 7. The number of nitrogens with one attached hydrogen (secondary N) is 1. The van der Waals surface area contributed by atoms with Crippen LogP contribution in [0.2, 0.25) is 0 Å². The molecule has 2 N–H and O–H groups in total. The second-order valence-electron chi connectivity index (χ2n) is 9.87. The monoisotopic (exact) mass is 593 g/mol. The summed E-state index contributed by atoms with van der Waals surface area (Å²) in [6.45, 7) is 4.45. The maximum atomic E-state index is 12.7. The molecule has 2 heterocycles. The molecule has 10 nitrogen and oxygen atoms in total. The normalized spacial score (nSPS) is 11.0. The van der Waals surface area contributed by atoms with Crippen LogP contribution in [0.3, 0.4) is 0 Å². The van der Waals surface area contributed by atoms with E-state index in [1.165, 1.54) is 25.5 Å². The minimum Gasteiger partial charge on any atom is -0.493 e. The first-order chi connectivity index (χ1) is 21.3. The molecule has 224 valence electrons. The van der Waals surface area contributed by atoms with Crippen molar-refractivity contribution in [2.24, 2.45) is 5.10 Å². The van der Waals surface area contributed by atoms with Crippen LogP contribution in [0.1, 0.15) is 49.2 Å². The fourth-order valence-electron chi connectivity index (χ4n) is 4.56. The molecule has 10 heteroatoms. The molecular formula is C34H31N3O7. The van der Waals surface area contributed by atoms with Crippen LogP contribution >= 0.6 is 0 Å². The number of hydrogen-bond donors (Lipinski definition) is 2. The summed E-state index contributed by atoms with van der Waals surface area (Å²) < 4.78 is 25.1. The third-order valence-electron chi connectivity index (χ3n) is 6.82. The molecule has 0 unspecified atom stereocenters. The first-order valence-electron chi connectivity index (χ1n) is 13.7. The molecule has 0 aliphatic carbocycles. The van der Waals surface area contributed by atoms with Gasteiger partial charge in [0.2, 0.25) is 0 Å². The predicted molar refractivity (Wildman–Crippen MR) is 164 cm³/mol. The SMILES string of the molecule is COc1cccc(C=NNC(=O)c2ccc(COc3ccc(-n4c(C)ccc4C)cc3)o2)c1OCc1ccc(C(=O)O)cc1. The van der Waals surface area contributed by atoms with Gasteiger partial charge in [0.25, 0.3) is 0 Å². The molecule has 2 aromatic heterocycles. The van der Waals surface area contributed by atoms with E-state index in [-0.39, 0.29) is 24.5 Å². The number of carbonyl (C=O) groups is 2. The van der Waals surface area contributed by atoms with Gasteiger partial charge in [0.05, 0.1) is 18.9 Å². The van der Waals surface area contributed by atoms with Crippen molar-refractivity contribution in [2.75, 3.05) is 7.11 Å². The third kappa shape index (κ3) is 6.99. The third-order valence-corrected chi connectivity index (χ3v) is 6.82. The molecule has 3 aromatic carbocycles. The zero-order valence-electron chi connectivity index (χ0n) is 24.4. The fourth-order valence-corrected chi connectivity index (χ4v) is 4.56. The Hall–Kier alpha value is -5.77. The maximum Gasteiger partial charge on any atom is 0.335 e. The number of aromatic carboxylic acids is 1. The number of carboxylic acid groups (broad SMARTS) is 1. The van der Waals surface area contributed by atoms with E-state index in [2.05, 4.69) is 41.1 Å². The van der Waals surface area contributed by atoms with Crippen molar-refractivity contribution in [3.05, 3.63) is 131 Å². The molecule has 5 rings (SSSR count). The minimum absolute atomic E-state index is 0.0848. The number of rotatable bonds is 12. The molecule has 5 aromatic rings. The van der Waals surface area contributed by atoms with Crippen LogP contribution in [0.5, 0.6) is 17.2 Å². The number of aryl methyl sites for hydroxylation is 2. The highest BCUT2D eigenvalue weighted by Crippen LogP contribution is 2.31. The average molecular weight is 594 g/mol. The Kier molecular flexibility index (Phi) is 9.10. The van der Waals surface area contributed by atoms with Gasteiger partial charge in [0.1, 0.15) is 24.7 Å². The van der Waals surface area contributed by atoms with E-state index in [1.807, 2.05) is 24.3 Å². The Bertz CT molecular complexity index is 1770. The summed E-state index contributed by atoms with van der Waals surface area (Å²) >= 11 is 0. The van der Waals surface area contributed by atoms with Gasteiger partial charge in [-0.25, -0.2) is 10.2 Å². The topological polar surface area (TPSA) is 125 Å². The highest BCUT2D eigenvalue weighted by atomic mass is 16.5. The van der Waals surface area contributed by atoms with Gasteiger partial charge in [0, 0.05) is 22.6 Å². The number of aromatic nitrogens is 1. The minimum atomic E-state index is -0.998. The summed E-state index contributed by atoms with van der Waals surface area (Å²) in [4.78, 5) is 23.8. The lowest BCUT2D eigenvalue weighted by Gasteiger charge is -2.13. The number of methoxy groups -OCH3 is 1. The summed E-state index contributed by atoms with van der Waals surface area (Å²) in [5.74, 6) is 0.612. The summed E-state index contributed by atoms with van der Waals surface area (Å²) in [7, 11) is 1.52. The standard InChI is InChI=1S/C34H31N3O7/c1-22-7-8-23(2)37(22)27-13-15-28(16-14-27)42-21-29-17-18-31(44-29)33(38)36-35-19-26-5-4-6-30(41-3)32(26)43-20-24-9-11-25(12-10-24)34(39)40/h4-19H,20-21H2,1-3H3,(H,36,38)(H,39,40). The van der Waals surface area contributed by atoms with E-state index in [0.717, 1.165) is 22.6 Å². The molecule has 0 fully saturated rings. The largest absolute Gasteiger partial charge is 0.493 e. The second-order valence-corrected chi connectivity index (χ2v) is 9.87. The Balaban J connectivity index is 1.17. The van der Waals surface area contributed by atoms with E-state index in [4.69, 9.17) is 23.7 Å². The Morgan fingerprint density at radius 1 is 0.886 bits per heavy atom. The maximum absolute atomic E-state index is 12.7. The van der Waals surface area contributed by atoms with Crippen molar-refractivity contribution in [2.45, 2.75) is 27.1 Å². The molecular weight excluding hydrogens is 562 g/mol. The average Bonchev–Trinajstić information content (AvgIpc) is 3.65. The van der Waals surface area contributed by atoms with Crippen molar-refractivity contribution in [1.29, 1.82) is 0 Å². The quantitative estimate of drug-likeness (QED) is 0.128. The van der Waals surface area contributed by atoms with Crippen LogP contribution in [0.15, 0.2) is 101 Å². The number of carboxylic acids is 1. The van der Waals surface area contributed by atoms with Crippen LogP contribution < -0.4 is 19.6 Å². The smallest absolute Gasteiger partial charge is 0.335 e. The number of furan rings is 1. The van der Waals surface area contributed by atoms with Crippen molar-refractivity contribution in [3.8, 4) is 22.9 Å². The molecule has 44 heavy (non-hydrogen) atoms. The van der Waals surface area contributed by atoms with Crippen LogP contribution in [-0.4, -0.2) is 34.9 Å². The molecule has 0 saturated heterocycles. The Labute approximate surface area is 254 Å². The Morgan fingerprint density at radius 2 is 1.61 bits per heavy atom. The van der Waals surface area contributed by atoms with Gasteiger partial charge >= 0.3 is 11.9 Å². The number of hydrazone groups is 1. The van der Waals surface area contributed by atoms with Crippen LogP contribution in [0, 0.1) is 13.8 Å². The van der Waals surface area contributed by atoms with E-state index >= 15 is 0 Å². The highest BCUT2D eigenvalue weighted by molar-refractivity contribution is 5.93. The molecule has 0 saturated carbocycles. The van der Waals surface area contributed by atoms with Crippen LogP contribution in [0.25, 0.3) is 5.69 Å². The Morgan fingerprint density at radius 3 is 2.30 bits per heavy atom. The first-order valence-corrected chi connectivity index (χ1v) is 13.7. The van der Waals surface area contributed by atoms with Crippen LogP contribution in [-0.2, 0) is 13.2 Å². The zero-order chi connectivity index (χ0) is 31.1. The van der Waals surface area contributed by atoms with Crippen molar-refractivity contribution < 1.29 is 33.3 Å². The first kappa shape index (κ1) is 29.7. The van der Waals surface area contributed by atoms with Crippen molar-refractivity contribution in [3.63, 3.8) is 0 Å². The van der Waals surface area contributed by atoms with Crippen molar-refractivity contribution in [1.82, 2.24) is 9.99 Å². The van der Waals surface area contributed by atoms with Crippen molar-refractivity contribution >= 4 is 18.1 Å². The van der Waals surface area contributed by atoms with Gasteiger partial charge in [-0.15, -0.1) is 0 Å². The highest BCUT2D eigenvalue weighted by Gasteiger charge is 2.13. The van der Waals surface area contributed by atoms with Gasteiger partial charge in [-0.2, -0.15) is 5.10 Å². The molecule has 0 spiro atoms. The lowest BCUT2D eigenvalue weighted by atomic mass is 10.1. The van der Waals surface area contributed by atoms with E-state index in [0.29, 0.717) is 28.6 Å². The lowest BCUT2D eigenvalue weighted by molar-refractivity contribution is 0.0696. The lowest BCUT2D eigenvalue weighted by Crippen LogP contribution is -2.17. The zero-order valence-corrected chi connectivity index (χ0v) is 24.4. The van der Waals surface area contributed by atoms with Gasteiger partial charge in [-0.05, 0) is 92.2 Å². The molecule has 0 bridgehead atoms. The van der Waals surface area contributed by atoms with Gasteiger partial charge in [0.15, 0.2) is 17.3 Å². The summed E-state index contributed by atoms with van der Waals surface area (Å²) in [5, 5.41) is 13.2. The van der Waals surface area contributed by atoms with E-state index in [9.17, 15) is 9.59 Å². The van der Waals surface area contributed by atoms with Gasteiger partial charge in [-0.3, -0.25) is 4.79 Å². The number of carbonyl (C=O) groups excluding carboxylic acids is 1. The number of para-hydroxylation sites is 1. The fraction of sp³-hybridized carbons (Fsp3) is 0.147. The van der Waals surface area contributed by atoms with E-state index in [1.54, 1.807) is 42.5 Å². The number of nitrogens with zero attached hydrogens (tertiary/aromatic N) is 2. The molecule has 0 radical (unpaired) electrons. The van der Waals surface area contributed by atoms with E-state index < -0.39 is 11.9 Å². The van der Waals surface area contributed by atoms with Crippen LogP contribution in [0.4, 0.5) is 0 Å². The molecule has 0 aliphatic rings. The number of benzene rings is 3. The summed E-state index contributed by atoms with van der Waals surface area (Å²) in [6.07, 6.45) is 1.44. The molecule has 1 amide bonds. The predicted octanol–water partition coefficient (Wildman–Crippen LogP) is 6.32. The van der Waals surface area contributed by atoms with Gasteiger partial charge in [-0.1, -0.05) is 18.2 Å². The molecule has 0 atom stereocenters. The van der Waals surface area contributed by atoms with Gasteiger partial charge < -0.3 is 28.3 Å². The summed E-state index contributed by atoms with van der Waals surface area (Å²) in [5.41, 5.74) is 7.34. The summed E-state index contributed by atoms with van der Waals surface area (Å²) in [6, 6.07) is 26.8.